The topological polar surface area (TPSA) is 90.9 Å². The third kappa shape index (κ3) is 6.58. The Kier molecular flexibility index (Phi) is 8.13. The van der Waals surface area contributed by atoms with Gasteiger partial charge < -0.3 is 25.4 Å². The van der Waals surface area contributed by atoms with Crippen molar-refractivity contribution >= 4 is 34.9 Å². The molecule has 0 aliphatic heterocycles. The molecule has 0 saturated heterocycles. The number of ether oxygens (including phenoxy) is 1. The summed E-state index contributed by atoms with van der Waals surface area (Å²) in [5, 5.41) is 15.6. The van der Waals surface area contributed by atoms with Gasteiger partial charge >= 0.3 is 5.97 Å². The molecule has 1 rings (SSSR count). The number of hydrogen-bond acceptors (Lipinski definition) is 4. The van der Waals surface area contributed by atoms with E-state index in [2.05, 4.69) is 10.6 Å². The maximum atomic E-state index is 12.1. The summed E-state index contributed by atoms with van der Waals surface area (Å²) < 4.78 is 5.08. The molecule has 1 unspecified atom stereocenters. The Morgan fingerprint density at radius 1 is 1.28 bits per heavy atom. The van der Waals surface area contributed by atoms with Crippen molar-refractivity contribution in [1.82, 2.24) is 10.2 Å². The number of thiocarbonyl (C=S) groups is 1. The number of nitrogens with one attached hydrogen (secondary N) is 2. The predicted molar refractivity (Wildman–Crippen MR) is 101 cm³/mol. The van der Waals surface area contributed by atoms with Gasteiger partial charge in [-0.05, 0) is 42.4 Å². The largest absolute Gasteiger partial charge is 0.497 e. The van der Waals surface area contributed by atoms with Crippen molar-refractivity contribution in [2.75, 3.05) is 26.0 Å². The molecule has 0 heterocycles. The van der Waals surface area contributed by atoms with Gasteiger partial charge in [0.15, 0.2) is 5.11 Å². The zero-order valence-electron chi connectivity index (χ0n) is 14.9. The number of nitrogens with zero attached hydrogens (tertiary/aromatic N) is 1. The number of rotatable bonds is 8. The molecule has 0 aliphatic rings. The lowest BCUT2D eigenvalue weighted by Crippen LogP contribution is -2.46. The quantitative estimate of drug-likeness (QED) is 0.605. The molecular formula is C17H25N3O4S. The average Bonchev–Trinajstić information content (AvgIpc) is 2.54. The standard InChI is InChI=1S/C17H25N3O4S/c1-11(2)15(16(22)23)20(3)14(21)9-10-18-17(25)19-12-5-7-13(24-4)8-6-12/h5-8,11,15H,9-10H2,1-4H3,(H,22,23)(H2,18,19,25). The van der Waals surface area contributed by atoms with Crippen molar-refractivity contribution in [1.29, 1.82) is 0 Å². The number of carboxylic acids is 1. The minimum Gasteiger partial charge on any atom is -0.497 e. The monoisotopic (exact) mass is 367 g/mol. The molecule has 0 aromatic heterocycles. The molecule has 8 heteroatoms. The van der Waals surface area contributed by atoms with Gasteiger partial charge in [-0.15, -0.1) is 0 Å². The lowest BCUT2D eigenvalue weighted by molar-refractivity contribution is -0.150. The lowest BCUT2D eigenvalue weighted by atomic mass is 10.0. The fourth-order valence-electron chi connectivity index (χ4n) is 2.36. The van der Waals surface area contributed by atoms with Crippen LogP contribution in [0.15, 0.2) is 24.3 Å². The van der Waals surface area contributed by atoms with Gasteiger partial charge in [-0.1, -0.05) is 13.8 Å². The molecular weight excluding hydrogens is 342 g/mol. The second-order valence-electron chi connectivity index (χ2n) is 5.89. The summed E-state index contributed by atoms with van der Waals surface area (Å²) >= 11 is 5.18. The third-order valence-corrected chi connectivity index (χ3v) is 3.91. The number of aliphatic carboxylic acids is 1. The molecule has 1 aromatic carbocycles. The van der Waals surface area contributed by atoms with Crippen molar-refractivity contribution in [2.45, 2.75) is 26.3 Å². The van der Waals surface area contributed by atoms with E-state index in [0.717, 1.165) is 11.4 Å². The number of carbonyl (C=O) groups is 2. The Balaban J connectivity index is 2.43. The van der Waals surface area contributed by atoms with E-state index in [0.29, 0.717) is 11.7 Å². The number of amides is 1. The molecule has 138 valence electrons. The van der Waals surface area contributed by atoms with Crippen LogP contribution in [0.2, 0.25) is 0 Å². The number of benzene rings is 1. The average molecular weight is 367 g/mol. The molecule has 0 bridgehead atoms. The molecule has 0 fully saturated rings. The van der Waals surface area contributed by atoms with Crippen LogP contribution in [0.4, 0.5) is 5.69 Å². The zero-order valence-corrected chi connectivity index (χ0v) is 15.7. The van der Waals surface area contributed by atoms with E-state index in [-0.39, 0.29) is 18.2 Å². The van der Waals surface area contributed by atoms with E-state index in [9.17, 15) is 14.7 Å². The van der Waals surface area contributed by atoms with Crippen LogP contribution in [-0.4, -0.2) is 53.7 Å². The Morgan fingerprint density at radius 3 is 2.36 bits per heavy atom. The summed E-state index contributed by atoms with van der Waals surface area (Å²) in [6.07, 6.45) is 0.150. The summed E-state index contributed by atoms with van der Waals surface area (Å²) in [5.41, 5.74) is 0.799. The third-order valence-electron chi connectivity index (χ3n) is 3.67. The van der Waals surface area contributed by atoms with Gasteiger partial charge in [0.2, 0.25) is 5.91 Å². The maximum Gasteiger partial charge on any atom is 0.326 e. The molecule has 3 N–H and O–H groups in total. The van der Waals surface area contributed by atoms with Crippen LogP contribution in [0.3, 0.4) is 0 Å². The summed E-state index contributed by atoms with van der Waals surface area (Å²) in [7, 11) is 3.10. The number of hydrogen-bond donors (Lipinski definition) is 3. The van der Waals surface area contributed by atoms with Gasteiger partial charge in [0.05, 0.1) is 7.11 Å². The minimum atomic E-state index is -1.00. The molecule has 0 spiro atoms. The van der Waals surface area contributed by atoms with E-state index in [4.69, 9.17) is 17.0 Å². The van der Waals surface area contributed by atoms with Crippen molar-refractivity contribution in [2.24, 2.45) is 5.92 Å². The van der Waals surface area contributed by atoms with Crippen LogP contribution in [0.25, 0.3) is 0 Å². The van der Waals surface area contributed by atoms with Gasteiger partial charge in [0.1, 0.15) is 11.8 Å². The van der Waals surface area contributed by atoms with Crippen molar-refractivity contribution in [3.63, 3.8) is 0 Å². The SMILES string of the molecule is COc1ccc(NC(=S)NCCC(=O)N(C)C(C(=O)O)C(C)C)cc1. The molecule has 0 saturated carbocycles. The van der Waals surface area contributed by atoms with E-state index in [1.807, 2.05) is 12.1 Å². The second kappa shape index (κ2) is 9.83. The fraction of sp³-hybridized carbons (Fsp3) is 0.471. The van der Waals surface area contributed by atoms with Crippen LogP contribution in [0.5, 0.6) is 5.75 Å². The Bertz CT molecular complexity index is 604. The van der Waals surface area contributed by atoms with Crippen LogP contribution in [0.1, 0.15) is 20.3 Å². The van der Waals surface area contributed by atoms with Gasteiger partial charge in [0.25, 0.3) is 0 Å². The van der Waals surface area contributed by atoms with E-state index in [1.165, 1.54) is 11.9 Å². The van der Waals surface area contributed by atoms with Crippen molar-refractivity contribution < 1.29 is 19.4 Å². The van der Waals surface area contributed by atoms with Gasteiger partial charge in [-0.3, -0.25) is 4.79 Å². The number of carboxylic acid groups (broad SMARTS) is 1. The van der Waals surface area contributed by atoms with Crippen LogP contribution >= 0.6 is 12.2 Å². The number of anilines is 1. The maximum absolute atomic E-state index is 12.1. The summed E-state index contributed by atoms with van der Waals surface area (Å²) in [6, 6.07) is 6.43. The van der Waals surface area contributed by atoms with Gasteiger partial charge in [0, 0.05) is 25.7 Å². The summed E-state index contributed by atoms with van der Waals surface area (Å²) in [6.45, 7) is 3.86. The zero-order chi connectivity index (χ0) is 19.0. The Morgan fingerprint density at radius 2 is 1.88 bits per heavy atom. The highest BCUT2D eigenvalue weighted by molar-refractivity contribution is 7.80. The predicted octanol–water partition coefficient (Wildman–Crippen LogP) is 1.94. The summed E-state index contributed by atoms with van der Waals surface area (Å²) in [5.74, 6) is -0.676. The molecule has 0 aliphatic carbocycles. The first-order valence-electron chi connectivity index (χ1n) is 7.93. The second-order valence-corrected chi connectivity index (χ2v) is 6.30. The first-order valence-corrected chi connectivity index (χ1v) is 8.34. The highest BCUT2D eigenvalue weighted by Crippen LogP contribution is 2.15. The first kappa shape index (κ1) is 20.7. The Labute approximate surface area is 153 Å². The molecule has 1 atom stereocenters. The highest BCUT2D eigenvalue weighted by Gasteiger charge is 2.28. The van der Waals surface area contributed by atoms with Crippen molar-refractivity contribution in [3.8, 4) is 5.75 Å². The number of methoxy groups -OCH3 is 1. The van der Waals surface area contributed by atoms with E-state index in [1.54, 1.807) is 33.1 Å². The van der Waals surface area contributed by atoms with Crippen molar-refractivity contribution in [3.05, 3.63) is 24.3 Å². The molecule has 0 radical (unpaired) electrons. The van der Waals surface area contributed by atoms with Gasteiger partial charge in [-0.25, -0.2) is 4.79 Å². The van der Waals surface area contributed by atoms with E-state index < -0.39 is 12.0 Å². The lowest BCUT2D eigenvalue weighted by Gasteiger charge is -2.27. The molecule has 25 heavy (non-hydrogen) atoms. The molecule has 7 nitrogen and oxygen atoms in total. The number of likely N-dealkylation sites (N-methyl/N-ethyl adjacent to an activating group) is 1. The fourth-order valence-corrected chi connectivity index (χ4v) is 2.58. The molecule has 1 aromatic rings. The van der Waals surface area contributed by atoms with Gasteiger partial charge in [-0.2, -0.15) is 0 Å². The molecule has 1 amide bonds. The van der Waals surface area contributed by atoms with Crippen LogP contribution in [0, 0.1) is 5.92 Å². The summed E-state index contributed by atoms with van der Waals surface area (Å²) in [4.78, 5) is 24.7. The minimum absolute atomic E-state index is 0.150. The Hall–Kier alpha value is -2.35. The van der Waals surface area contributed by atoms with Crippen LogP contribution < -0.4 is 15.4 Å². The smallest absolute Gasteiger partial charge is 0.326 e. The van der Waals surface area contributed by atoms with E-state index >= 15 is 0 Å². The highest BCUT2D eigenvalue weighted by atomic mass is 32.1. The first-order chi connectivity index (χ1) is 11.8. The normalized spacial score (nSPS) is 11.6. The van der Waals surface area contributed by atoms with Crippen LogP contribution in [-0.2, 0) is 9.59 Å². The number of carbonyl (C=O) groups excluding carboxylic acids is 1.